The summed E-state index contributed by atoms with van der Waals surface area (Å²) in [5.74, 6) is -0.240. The molecule has 0 atom stereocenters. The molecule has 0 aromatic heterocycles. The van der Waals surface area contributed by atoms with Crippen LogP contribution >= 0.6 is 0 Å². The molecule has 0 amide bonds. The fourth-order valence-electron chi connectivity index (χ4n) is 10.4. The molecule has 0 saturated carbocycles. The quantitative estimate of drug-likeness (QED) is 0.162. The van der Waals surface area contributed by atoms with E-state index in [1.807, 2.05) is 6.07 Å². The van der Waals surface area contributed by atoms with Gasteiger partial charge in [0.05, 0.1) is 5.41 Å². The highest BCUT2D eigenvalue weighted by Crippen LogP contribution is 2.63. The van der Waals surface area contributed by atoms with Gasteiger partial charge in [-0.3, -0.25) is 0 Å². The van der Waals surface area contributed by atoms with Crippen molar-refractivity contribution in [3.8, 4) is 55.6 Å². The SMILES string of the molecule is Fc1cccc(-c2cccc3cccc(-c4ccc(N(c5ccc(-c6ccccc6)cc5)c5ccc6c(c5)-c5ccccc5C65c6ccccc6-c6ccccc65)cc4)c23)c1. The molecule has 0 fully saturated rings. The average molecular weight is 780 g/mol. The van der Waals surface area contributed by atoms with Crippen LogP contribution in [0, 0.1) is 5.82 Å². The number of hydrogen-bond donors (Lipinski definition) is 0. The molecule has 0 unspecified atom stereocenters. The van der Waals surface area contributed by atoms with Gasteiger partial charge in [-0.25, -0.2) is 4.39 Å². The van der Waals surface area contributed by atoms with Gasteiger partial charge in [-0.05, 0) is 137 Å². The van der Waals surface area contributed by atoms with Crippen LogP contribution in [-0.4, -0.2) is 0 Å². The lowest BCUT2D eigenvalue weighted by Crippen LogP contribution is -2.25. The Balaban J connectivity index is 1.02. The number of rotatable bonds is 6. The second-order valence-electron chi connectivity index (χ2n) is 16.1. The largest absolute Gasteiger partial charge is 0.310 e. The van der Waals surface area contributed by atoms with Gasteiger partial charge in [0.2, 0.25) is 0 Å². The number of halogens is 1. The molecule has 0 saturated heterocycles. The Labute approximate surface area is 355 Å². The van der Waals surface area contributed by atoms with Crippen LogP contribution in [0.4, 0.5) is 21.5 Å². The van der Waals surface area contributed by atoms with Gasteiger partial charge < -0.3 is 4.90 Å². The second-order valence-corrected chi connectivity index (χ2v) is 16.1. The number of fused-ring (bicyclic) bond motifs is 11. The Kier molecular flexibility index (Phi) is 8.01. The van der Waals surface area contributed by atoms with Crippen LogP contribution in [0.3, 0.4) is 0 Å². The van der Waals surface area contributed by atoms with E-state index < -0.39 is 5.41 Å². The van der Waals surface area contributed by atoms with Gasteiger partial charge in [0.15, 0.2) is 0 Å². The molecule has 0 aliphatic heterocycles. The van der Waals surface area contributed by atoms with Crippen LogP contribution < -0.4 is 4.90 Å². The Hall–Kier alpha value is -7.81. The molecule has 2 aliphatic carbocycles. The maximum Gasteiger partial charge on any atom is 0.123 e. The highest BCUT2D eigenvalue weighted by atomic mass is 19.1. The summed E-state index contributed by atoms with van der Waals surface area (Å²) in [6.45, 7) is 0. The van der Waals surface area contributed by atoms with Gasteiger partial charge in [-0.2, -0.15) is 0 Å². The number of benzene rings is 10. The van der Waals surface area contributed by atoms with E-state index in [1.165, 1.54) is 61.7 Å². The molecule has 286 valence electrons. The molecule has 2 aliphatic rings. The number of nitrogens with zero attached hydrogens (tertiary/aromatic N) is 1. The van der Waals surface area contributed by atoms with Gasteiger partial charge in [-0.15, -0.1) is 0 Å². The zero-order valence-corrected chi connectivity index (χ0v) is 33.3. The zero-order chi connectivity index (χ0) is 40.5. The highest BCUT2D eigenvalue weighted by molar-refractivity contribution is 6.06. The maximum atomic E-state index is 14.5. The molecule has 61 heavy (non-hydrogen) atoms. The molecule has 2 heteroatoms. The van der Waals surface area contributed by atoms with Crippen molar-refractivity contribution in [2.45, 2.75) is 5.41 Å². The maximum absolute atomic E-state index is 14.5. The third-order valence-electron chi connectivity index (χ3n) is 12.9. The molecule has 10 aromatic carbocycles. The van der Waals surface area contributed by atoms with Gasteiger partial charge in [0.1, 0.15) is 5.82 Å². The predicted molar refractivity (Wildman–Crippen MR) is 251 cm³/mol. The highest BCUT2D eigenvalue weighted by Gasteiger charge is 2.51. The third kappa shape index (κ3) is 5.39. The first-order chi connectivity index (χ1) is 30.2. The summed E-state index contributed by atoms with van der Waals surface area (Å²) in [6.07, 6.45) is 0. The minimum Gasteiger partial charge on any atom is -0.310 e. The molecular formula is C59H38FN. The molecule has 1 nitrogen and oxygen atoms in total. The van der Waals surface area contributed by atoms with Crippen LogP contribution in [0.15, 0.2) is 231 Å². The summed E-state index contributed by atoms with van der Waals surface area (Å²) in [7, 11) is 0. The molecule has 0 radical (unpaired) electrons. The van der Waals surface area contributed by atoms with Crippen LogP contribution in [0.2, 0.25) is 0 Å². The summed E-state index contributed by atoms with van der Waals surface area (Å²) in [4.78, 5) is 2.38. The molecule has 10 aromatic rings. The van der Waals surface area contributed by atoms with Crippen LogP contribution in [0.1, 0.15) is 22.3 Å². The van der Waals surface area contributed by atoms with E-state index in [9.17, 15) is 4.39 Å². The summed E-state index contributed by atoms with van der Waals surface area (Å²) in [5, 5.41) is 2.23. The Morgan fingerprint density at radius 2 is 0.738 bits per heavy atom. The third-order valence-corrected chi connectivity index (χ3v) is 12.9. The van der Waals surface area contributed by atoms with Crippen molar-refractivity contribution >= 4 is 27.8 Å². The summed E-state index contributed by atoms with van der Waals surface area (Å²) < 4.78 is 14.5. The van der Waals surface area contributed by atoms with Crippen LogP contribution in [-0.2, 0) is 5.41 Å². The topological polar surface area (TPSA) is 3.24 Å². The minimum absolute atomic E-state index is 0.240. The van der Waals surface area contributed by atoms with Gasteiger partial charge in [0.25, 0.3) is 0 Å². The van der Waals surface area contributed by atoms with Gasteiger partial charge >= 0.3 is 0 Å². The molecule has 0 N–H and O–H groups in total. The average Bonchev–Trinajstić information content (AvgIpc) is 3.79. The van der Waals surface area contributed by atoms with E-state index in [-0.39, 0.29) is 5.82 Å². The summed E-state index contributed by atoms with van der Waals surface area (Å²) in [5.41, 5.74) is 19.7. The van der Waals surface area contributed by atoms with Crippen molar-refractivity contribution < 1.29 is 4.39 Å². The smallest absolute Gasteiger partial charge is 0.123 e. The fourth-order valence-corrected chi connectivity index (χ4v) is 10.4. The lowest BCUT2D eigenvalue weighted by molar-refractivity contribution is 0.628. The van der Waals surface area contributed by atoms with E-state index in [0.717, 1.165) is 50.1 Å². The van der Waals surface area contributed by atoms with E-state index in [0.29, 0.717) is 0 Å². The molecule has 0 heterocycles. The first kappa shape index (κ1) is 35.2. The lowest BCUT2D eigenvalue weighted by Gasteiger charge is -2.31. The second kappa shape index (κ2) is 13.9. The van der Waals surface area contributed by atoms with Crippen LogP contribution in [0.5, 0.6) is 0 Å². The monoisotopic (exact) mass is 779 g/mol. The summed E-state index contributed by atoms with van der Waals surface area (Å²) in [6, 6.07) is 82.0. The van der Waals surface area contributed by atoms with Gasteiger partial charge in [0, 0.05) is 17.1 Å². The van der Waals surface area contributed by atoms with E-state index in [2.05, 4.69) is 211 Å². The first-order valence-corrected chi connectivity index (χ1v) is 20.9. The molecule has 12 rings (SSSR count). The van der Waals surface area contributed by atoms with Crippen molar-refractivity contribution in [1.82, 2.24) is 0 Å². The van der Waals surface area contributed by atoms with Crippen molar-refractivity contribution in [1.29, 1.82) is 0 Å². The minimum atomic E-state index is -0.399. The first-order valence-electron chi connectivity index (χ1n) is 20.9. The molecule has 1 spiro atoms. The normalized spacial score (nSPS) is 12.8. The Bertz CT molecular complexity index is 3260. The van der Waals surface area contributed by atoms with E-state index in [1.54, 1.807) is 12.1 Å². The van der Waals surface area contributed by atoms with Crippen molar-refractivity contribution in [3.63, 3.8) is 0 Å². The van der Waals surface area contributed by atoms with Crippen molar-refractivity contribution in [2.75, 3.05) is 4.90 Å². The predicted octanol–water partition coefficient (Wildman–Crippen LogP) is 15.8. The summed E-state index contributed by atoms with van der Waals surface area (Å²) >= 11 is 0. The lowest BCUT2D eigenvalue weighted by atomic mass is 9.70. The van der Waals surface area contributed by atoms with E-state index >= 15 is 0 Å². The van der Waals surface area contributed by atoms with Crippen molar-refractivity contribution in [2.24, 2.45) is 0 Å². The fraction of sp³-hybridized carbons (Fsp3) is 0.0169. The molecule has 0 bridgehead atoms. The number of anilines is 3. The molecular weight excluding hydrogens is 742 g/mol. The standard InChI is InChI=1S/C59H38FN/c60-44-18-10-17-43(37-44)49-23-12-16-42-15-11-22-48(58(42)49)41-29-33-46(34-30-41)61(45-31-27-40(28-32-45)39-13-2-1-3-14-39)47-35-36-57-53(38-47)52-21-6-9-26-56(52)59(57)54-24-7-4-19-50(54)51-20-5-8-25-55(51)59/h1-38H. The van der Waals surface area contributed by atoms with Crippen molar-refractivity contribution in [3.05, 3.63) is 259 Å². The number of hydrogen-bond acceptors (Lipinski definition) is 1. The van der Waals surface area contributed by atoms with Gasteiger partial charge in [-0.1, -0.05) is 182 Å². The zero-order valence-electron chi connectivity index (χ0n) is 33.3. The Morgan fingerprint density at radius 3 is 1.34 bits per heavy atom. The van der Waals surface area contributed by atoms with E-state index in [4.69, 9.17) is 0 Å². The Morgan fingerprint density at radius 1 is 0.295 bits per heavy atom. The van der Waals surface area contributed by atoms with Crippen LogP contribution in [0.25, 0.3) is 66.4 Å².